The summed E-state index contributed by atoms with van der Waals surface area (Å²) in [6.07, 6.45) is -3.79. The smallest absolute Gasteiger partial charge is 0.364 e. The van der Waals surface area contributed by atoms with E-state index in [1.165, 1.54) is 0 Å². The quantitative estimate of drug-likeness (QED) is 0.574. The number of hydrogen-bond acceptors (Lipinski definition) is 3. The molecule has 1 aromatic rings. The summed E-state index contributed by atoms with van der Waals surface area (Å²) < 4.78 is 36.9. The van der Waals surface area contributed by atoms with Gasteiger partial charge in [-0.2, -0.15) is 13.2 Å². The van der Waals surface area contributed by atoms with Crippen LogP contribution in [0.15, 0.2) is 12.3 Å². The molecule has 3 N–H and O–H groups in total. The summed E-state index contributed by atoms with van der Waals surface area (Å²) >= 11 is 10.4. The summed E-state index contributed by atoms with van der Waals surface area (Å²) in [5.74, 6) is 0.0530. The van der Waals surface area contributed by atoms with Crippen molar-refractivity contribution in [1.82, 2.24) is 15.7 Å². The Balaban J connectivity index is 2.80. The van der Waals surface area contributed by atoms with Gasteiger partial charge in [-0.1, -0.05) is 11.6 Å². The van der Waals surface area contributed by atoms with Crippen LogP contribution in [0.2, 0.25) is 5.02 Å². The van der Waals surface area contributed by atoms with Crippen molar-refractivity contribution < 1.29 is 13.2 Å². The van der Waals surface area contributed by atoms with Crippen LogP contribution in [-0.4, -0.2) is 17.1 Å². The molecule has 0 bridgehead atoms. The van der Waals surface area contributed by atoms with E-state index < -0.39 is 11.7 Å². The molecule has 94 valence electrons. The molecule has 0 aromatic carbocycles. The van der Waals surface area contributed by atoms with Crippen molar-refractivity contribution in [2.24, 2.45) is 0 Å². The van der Waals surface area contributed by atoms with Crippen LogP contribution in [0.3, 0.4) is 0 Å². The van der Waals surface area contributed by atoms with Crippen LogP contribution in [0.25, 0.3) is 0 Å². The third kappa shape index (κ3) is 3.90. The average molecular weight is 285 g/mol. The average Bonchev–Trinajstić information content (AvgIpc) is 2.25. The van der Waals surface area contributed by atoms with E-state index in [9.17, 15) is 13.2 Å². The van der Waals surface area contributed by atoms with Crippen LogP contribution in [0, 0.1) is 0 Å². The summed E-state index contributed by atoms with van der Waals surface area (Å²) in [6, 6.07) is 0.779. The van der Waals surface area contributed by atoms with Crippen molar-refractivity contribution in [1.29, 1.82) is 0 Å². The highest BCUT2D eigenvalue weighted by Gasteiger charge is 2.31. The largest absolute Gasteiger partial charge is 0.417 e. The number of anilines is 1. The van der Waals surface area contributed by atoms with Crippen molar-refractivity contribution in [2.45, 2.75) is 6.18 Å². The highest BCUT2D eigenvalue weighted by Crippen LogP contribution is 2.32. The molecule has 0 saturated carbocycles. The lowest BCUT2D eigenvalue weighted by atomic mass is 10.3. The van der Waals surface area contributed by atoms with Crippen molar-refractivity contribution >= 4 is 34.7 Å². The van der Waals surface area contributed by atoms with E-state index >= 15 is 0 Å². The molecular formula is C8H8ClF3N4S. The standard InChI is InChI=1S/C8H8ClF3N4S/c1-13-7(17)16-15-6-5(9)2-4(3-14-6)8(10,11)12/h2-3H,1H3,(H,14,15)(H2,13,16,17). The summed E-state index contributed by atoms with van der Waals surface area (Å²) in [7, 11) is 1.58. The van der Waals surface area contributed by atoms with Gasteiger partial charge in [0.25, 0.3) is 0 Å². The third-order valence-corrected chi connectivity index (χ3v) is 2.28. The number of thiocarbonyl (C=S) groups is 1. The molecule has 0 aliphatic rings. The lowest BCUT2D eigenvalue weighted by Gasteiger charge is -2.12. The highest BCUT2D eigenvalue weighted by atomic mass is 35.5. The van der Waals surface area contributed by atoms with Crippen LogP contribution in [0.4, 0.5) is 19.0 Å². The van der Waals surface area contributed by atoms with Crippen LogP contribution >= 0.6 is 23.8 Å². The van der Waals surface area contributed by atoms with Crippen molar-refractivity contribution in [2.75, 3.05) is 12.5 Å². The van der Waals surface area contributed by atoms with E-state index in [2.05, 4.69) is 21.2 Å². The maximum Gasteiger partial charge on any atom is 0.417 e. The first kappa shape index (κ1) is 13.8. The predicted octanol–water partition coefficient (Wildman–Crippen LogP) is 2.17. The first-order valence-electron chi connectivity index (χ1n) is 4.31. The normalized spacial score (nSPS) is 10.9. The molecule has 0 fully saturated rings. The Kier molecular flexibility index (Phi) is 4.35. The second-order valence-electron chi connectivity index (χ2n) is 2.88. The lowest BCUT2D eigenvalue weighted by molar-refractivity contribution is -0.137. The molecule has 0 aliphatic carbocycles. The number of hydrazine groups is 1. The fourth-order valence-electron chi connectivity index (χ4n) is 0.863. The molecule has 0 radical (unpaired) electrons. The lowest BCUT2D eigenvalue weighted by Crippen LogP contribution is -2.36. The summed E-state index contributed by atoms with van der Waals surface area (Å²) in [5.41, 5.74) is 4.06. The van der Waals surface area contributed by atoms with Gasteiger partial charge in [0.1, 0.15) is 0 Å². The van der Waals surface area contributed by atoms with E-state index in [-0.39, 0.29) is 16.0 Å². The Morgan fingerprint density at radius 3 is 2.59 bits per heavy atom. The maximum absolute atomic E-state index is 12.3. The Morgan fingerprint density at radius 2 is 2.12 bits per heavy atom. The summed E-state index contributed by atoms with van der Waals surface area (Å²) in [5, 5.41) is 2.69. The molecule has 0 atom stereocenters. The van der Waals surface area contributed by atoms with E-state index in [1.54, 1.807) is 7.05 Å². The molecular weight excluding hydrogens is 277 g/mol. The highest BCUT2D eigenvalue weighted by molar-refractivity contribution is 7.80. The van der Waals surface area contributed by atoms with Crippen LogP contribution in [-0.2, 0) is 6.18 Å². The Labute approximate surface area is 106 Å². The molecule has 1 aromatic heterocycles. The molecule has 4 nitrogen and oxygen atoms in total. The van der Waals surface area contributed by atoms with Crippen LogP contribution in [0.5, 0.6) is 0 Å². The molecule has 0 saturated heterocycles. The number of nitrogens with one attached hydrogen (secondary N) is 3. The molecule has 0 unspecified atom stereocenters. The van der Waals surface area contributed by atoms with Gasteiger partial charge in [0, 0.05) is 13.2 Å². The summed E-state index contributed by atoms with van der Waals surface area (Å²) in [6.45, 7) is 0. The minimum atomic E-state index is -4.47. The van der Waals surface area contributed by atoms with Crippen molar-refractivity contribution in [3.63, 3.8) is 0 Å². The second kappa shape index (κ2) is 5.37. The number of hydrogen-bond donors (Lipinski definition) is 3. The molecule has 9 heteroatoms. The molecule has 0 aliphatic heterocycles. The number of halogens is 4. The van der Waals surface area contributed by atoms with Gasteiger partial charge in [0.15, 0.2) is 10.9 Å². The minimum absolute atomic E-state index is 0.0530. The van der Waals surface area contributed by atoms with Gasteiger partial charge in [0.2, 0.25) is 0 Å². The number of pyridine rings is 1. The number of rotatable bonds is 2. The number of alkyl halides is 3. The van der Waals surface area contributed by atoms with Gasteiger partial charge in [-0.05, 0) is 18.3 Å². The van der Waals surface area contributed by atoms with E-state index in [0.29, 0.717) is 6.20 Å². The van der Waals surface area contributed by atoms with Gasteiger partial charge in [-0.3, -0.25) is 10.9 Å². The Bertz CT molecular complexity index is 424. The zero-order valence-electron chi connectivity index (χ0n) is 8.52. The molecule has 1 rings (SSSR count). The SMILES string of the molecule is CNC(=S)NNc1ncc(C(F)(F)F)cc1Cl. The van der Waals surface area contributed by atoms with Crippen molar-refractivity contribution in [3.05, 3.63) is 22.8 Å². The maximum atomic E-state index is 12.3. The zero-order chi connectivity index (χ0) is 13.1. The van der Waals surface area contributed by atoms with E-state index in [1.807, 2.05) is 0 Å². The van der Waals surface area contributed by atoms with Gasteiger partial charge in [-0.15, -0.1) is 0 Å². The zero-order valence-corrected chi connectivity index (χ0v) is 10.1. The van der Waals surface area contributed by atoms with Crippen LogP contribution < -0.4 is 16.2 Å². The van der Waals surface area contributed by atoms with Gasteiger partial charge in [-0.25, -0.2) is 4.98 Å². The Hall–Kier alpha value is -1.28. The first-order valence-corrected chi connectivity index (χ1v) is 5.09. The second-order valence-corrected chi connectivity index (χ2v) is 3.70. The van der Waals surface area contributed by atoms with Gasteiger partial charge < -0.3 is 5.32 Å². The summed E-state index contributed by atoms with van der Waals surface area (Å²) in [4.78, 5) is 3.54. The first-order chi connectivity index (χ1) is 7.84. The molecule has 17 heavy (non-hydrogen) atoms. The minimum Gasteiger partial charge on any atom is -0.364 e. The number of nitrogens with zero attached hydrogens (tertiary/aromatic N) is 1. The van der Waals surface area contributed by atoms with E-state index in [0.717, 1.165) is 6.07 Å². The molecule has 0 spiro atoms. The fourth-order valence-corrected chi connectivity index (χ4v) is 1.13. The molecule has 1 heterocycles. The van der Waals surface area contributed by atoms with Crippen molar-refractivity contribution in [3.8, 4) is 0 Å². The van der Waals surface area contributed by atoms with Gasteiger partial charge >= 0.3 is 6.18 Å². The van der Waals surface area contributed by atoms with Gasteiger partial charge in [0.05, 0.1) is 10.6 Å². The third-order valence-electron chi connectivity index (χ3n) is 1.69. The fraction of sp³-hybridized carbons (Fsp3) is 0.250. The number of aromatic nitrogens is 1. The molecule has 0 amide bonds. The predicted molar refractivity (Wildman–Crippen MR) is 62.7 cm³/mol. The Morgan fingerprint density at radius 1 is 1.47 bits per heavy atom. The van der Waals surface area contributed by atoms with Crippen LogP contribution in [0.1, 0.15) is 5.56 Å². The topological polar surface area (TPSA) is 49.0 Å². The van der Waals surface area contributed by atoms with E-state index in [4.69, 9.17) is 23.8 Å². The monoisotopic (exact) mass is 284 g/mol.